The first-order valence-corrected chi connectivity index (χ1v) is 7.51. The van der Waals surface area contributed by atoms with Gasteiger partial charge in [0.15, 0.2) is 0 Å². The number of nitrogens with zero attached hydrogens (tertiary/aromatic N) is 1. The molecule has 3 aromatic rings. The number of amides is 1. The van der Waals surface area contributed by atoms with Crippen molar-refractivity contribution in [1.29, 1.82) is 0 Å². The SMILES string of the molecule is O=C(c1ccccc1)N(Cc1ccccc1)c1ccc(F)cc1F. The summed E-state index contributed by atoms with van der Waals surface area (Å²) in [5.41, 5.74) is 1.34. The second kappa shape index (κ2) is 7.04. The van der Waals surface area contributed by atoms with E-state index in [-0.39, 0.29) is 18.1 Å². The van der Waals surface area contributed by atoms with Gasteiger partial charge in [0.2, 0.25) is 0 Å². The van der Waals surface area contributed by atoms with E-state index in [9.17, 15) is 13.6 Å². The zero-order valence-corrected chi connectivity index (χ0v) is 12.8. The normalized spacial score (nSPS) is 10.4. The summed E-state index contributed by atoms with van der Waals surface area (Å²) >= 11 is 0. The van der Waals surface area contributed by atoms with Gasteiger partial charge < -0.3 is 4.90 Å². The van der Waals surface area contributed by atoms with Crippen molar-refractivity contribution < 1.29 is 13.6 Å². The molecular formula is C20H15F2NO. The number of carbonyl (C=O) groups excluding carboxylic acids is 1. The molecule has 0 aromatic heterocycles. The Hall–Kier alpha value is -3.01. The fraction of sp³-hybridized carbons (Fsp3) is 0.0500. The number of rotatable bonds is 4. The number of anilines is 1. The Balaban J connectivity index is 2.02. The van der Waals surface area contributed by atoms with Crippen LogP contribution in [0.3, 0.4) is 0 Å². The Kier molecular flexibility index (Phi) is 4.66. The van der Waals surface area contributed by atoms with Crippen molar-refractivity contribution in [3.63, 3.8) is 0 Å². The van der Waals surface area contributed by atoms with E-state index in [1.54, 1.807) is 30.3 Å². The number of carbonyl (C=O) groups is 1. The average molecular weight is 323 g/mol. The third-order valence-electron chi connectivity index (χ3n) is 3.65. The molecule has 0 radical (unpaired) electrons. The van der Waals surface area contributed by atoms with Crippen LogP contribution in [0.2, 0.25) is 0 Å². The van der Waals surface area contributed by atoms with Gasteiger partial charge in [-0.15, -0.1) is 0 Å². The van der Waals surface area contributed by atoms with E-state index in [1.165, 1.54) is 11.0 Å². The van der Waals surface area contributed by atoms with Crippen molar-refractivity contribution in [2.75, 3.05) is 4.90 Å². The van der Waals surface area contributed by atoms with Gasteiger partial charge in [0.05, 0.1) is 12.2 Å². The summed E-state index contributed by atoms with van der Waals surface area (Å²) in [4.78, 5) is 14.2. The van der Waals surface area contributed by atoms with Gasteiger partial charge in [0, 0.05) is 11.6 Å². The molecule has 0 fully saturated rings. The lowest BCUT2D eigenvalue weighted by Crippen LogP contribution is -2.31. The molecule has 1 amide bonds. The smallest absolute Gasteiger partial charge is 0.258 e. The Morgan fingerprint density at radius 3 is 2.08 bits per heavy atom. The van der Waals surface area contributed by atoms with Crippen molar-refractivity contribution >= 4 is 11.6 Å². The van der Waals surface area contributed by atoms with E-state index in [0.717, 1.165) is 17.7 Å². The van der Waals surface area contributed by atoms with Crippen molar-refractivity contribution in [2.45, 2.75) is 6.54 Å². The summed E-state index contributed by atoms with van der Waals surface area (Å²) < 4.78 is 27.5. The molecule has 3 aromatic carbocycles. The van der Waals surface area contributed by atoms with Crippen LogP contribution < -0.4 is 4.90 Å². The predicted molar refractivity (Wildman–Crippen MR) is 89.8 cm³/mol. The molecule has 0 bridgehead atoms. The highest BCUT2D eigenvalue weighted by Crippen LogP contribution is 2.24. The zero-order valence-electron chi connectivity index (χ0n) is 12.8. The van der Waals surface area contributed by atoms with Crippen LogP contribution in [0.1, 0.15) is 15.9 Å². The summed E-state index contributed by atoms with van der Waals surface area (Å²) in [5, 5.41) is 0. The lowest BCUT2D eigenvalue weighted by Gasteiger charge is -2.23. The summed E-state index contributed by atoms with van der Waals surface area (Å²) in [6.45, 7) is 0.192. The summed E-state index contributed by atoms with van der Waals surface area (Å²) in [6.07, 6.45) is 0. The maximum Gasteiger partial charge on any atom is 0.258 e. The minimum Gasteiger partial charge on any atom is -0.301 e. The molecule has 0 unspecified atom stereocenters. The topological polar surface area (TPSA) is 20.3 Å². The number of halogens is 2. The molecule has 0 aliphatic rings. The van der Waals surface area contributed by atoms with E-state index < -0.39 is 11.6 Å². The van der Waals surface area contributed by atoms with Crippen molar-refractivity contribution in [3.8, 4) is 0 Å². The first-order valence-electron chi connectivity index (χ1n) is 7.51. The molecule has 3 rings (SSSR count). The second-order valence-corrected chi connectivity index (χ2v) is 5.34. The Morgan fingerprint density at radius 1 is 0.833 bits per heavy atom. The highest BCUT2D eigenvalue weighted by molar-refractivity contribution is 6.06. The Morgan fingerprint density at radius 2 is 1.46 bits per heavy atom. The van der Waals surface area contributed by atoms with Crippen LogP contribution >= 0.6 is 0 Å². The van der Waals surface area contributed by atoms with E-state index in [2.05, 4.69) is 0 Å². The van der Waals surface area contributed by atoms with Gasteiger partial charge in [-0.1, -0.05) is 48.5 Å². The van der Waals surface area contributed by atoms with Gasteiger partial charge in [0.25, 0.3) is 5.91 Å². The third kappa shape index (κ3) is 3.49. The Labute approximate surface area is 139 Å². The van der Waals surface area contributed by atoms with Crippen LogP contribution in [0.5, 0.6) is 0 Å². The quantitative estimate of drug-likeness (QED) is 0.674. The van der Waals surface area contributed by atoms with Crippen molar-refractivity contribution in [3.05, 3.63) is 102 Å². The lowest BCUT2D eigenvalue weighted by atomic mass is 10.1. The van der Waals surface area contributed by atoms with Gasteiger partial charge in [0.1, 0.15) is 11.6 Å². The van der Waals surface area contributed by atoms with Crippen LogP contribution in [-0.2, 0) is 6.54 Å². The maximum atomic E-state index is 14.2. The van der Waals surface area contributed by atoms with Crippen LogP contribution in [0.15, 0.2) is 78.9 Å². The summed E-state index contributed by atoms with van der Waals surface area (Å²) in [6, 6.07) is 21.1. The van der Waals surface area contributed by atoms with Crippen molar-refractivity contribution in [1.82, 2.24) is 0 Å². The molecule has 4 heteroatoms. The first-order chi connectivity index (χ1) is 11.6. The van der Waals surface area contributed by atoms with Crippen LogP contribution in [0.4, 0.5) is 14.5 Å². The van der Waals surface area contributed by atoms with E-state index >= 15 is 0 Å². The van der Waals surface area contributed by atoms with Gasteiger partial charge in [-0.05, 0) is 29.8 Å². The van der Waals surface area contributed by atoms with Crippen LogP contribution in [0, 0.1) is 11.6 Å². The molecule has 0 N–H and O–H groups in total. The van der Waals surface area contributed by atoms with Gasteiger partial charge in [-0.2, -0.15) is 0 Å². The monoisotopic (exact) mass is 323 g/mol. The number of benzene rings is 3. The molecule has 0 atom stereocenters. The highest BCUT2D eigenvalue weighted by atomic mass is 19.1. The largest absolute Gasteiger partial charge is 0.301 e. The molecule has 0 aliphatic heterocycles. The lowest BCUT2D eigenvalue weighted by molar-refractivity contribution is 0.0984. The second-order valence-electron chi connectivity index (χ2n) is 5.34. The minimum absolute atomic E-state index is 0.0501. The third-order valence-corrected chi connectivity index (χ3v) is 3.65. The van der Waals surface area contributed by atoms with Crippen LogP contribution in [0.25, 0.3) is 0 Å². The fourth-order valence-electron chi connectivity index (χ4n) is 2.47. The first kappa shape index (κ1) is 15.9. The van der Waals surface area contributed by atoms with Gasteiger partial charge in [-0.3, -0.25) is 4.79 Å². The van der Waals surface area contributed by atoms with Crippen molar-refractivity contribution in [2.24, 2.45) is 0 Å². The molecule has 2 nitrogen and oxygen atoms in total. The molecule has 0 heterocycles. The van der Waals surface area contributed by atoms with E-state index in [4.69, 9.17) is 0 Å². The summed E-state index contributed by atoms with van der Waals surface area (Å²) in [5.74, 6) is -1.79. The van der Waals surface area contributed by atoms with Crippen LogP contribution in [-0.4, -0.2) is 5.91 Å². The van der Waals surface area contributed by atoms with Gasteiger partial charge in [-0.25, -0.2) is 8.78 Å². The molecular weight excluding hydrogens is 308 g/mol. The number of hydrogen-bond donors (Lipinski definition) is 0. The average Bonchev–Trinajstić information content (AvgIpc) is 2.61. The minimum atomic E-state index is -0.768. The standard InChI is InChI=1S/C20H15F2NO/c21-17-11-12-19(18(22)13-17)23(14-15-7-3-1-4-8-15)20(24)16-9-5-2-6-10-16/h1-13H,14H2. The molecule has 0 saturated heterocycles. The number of hydrogen-bond acceptors (Lipinski definition) is 1. The molecule has 0 spiro atoms. The maximum absolute atomic E-state index is 14.2. The molecule has 24 heavy (non-hydrogen) atoms. The van der Waals surface area contributed by atoms with E-state index in [0.29, 0.717) is 5.56 Å². The molecule has 120 valence electrons. The zero-order chi connectivity index (χ0) is 16.9. The highest BCUT2D eigenvalue weighted by Gasteiger charge is 2.21. The Bertz CT molecular complexity index is 835. The predicted octanol–water partition coefficient (Wildman–Crippen LogP) is 4.81. The van der Waals surface area contributed by atoms with E-state index in [1.807, 2.05) is 30.3 Å². The molecule has 0 saturated carbocycles. The van der Waals surface area contributed by atoms with Gasteiger partial charge >= 0.3 is 0 Å². The molecule has 0 aliphatic carbocycles. The summed E-state index contributed by atoms with van der Waals surface area (Å²) in [7, 11) is 0. The fourth-order valence-corrected chi connectivity index (χ4v) is 2.47.